The summed E-state index contributed by atoms with van der Waals surface area (Å²) in [5.41, 5.74) is 2.33. The van der Waals surface area contributed by atoms with Crippen LogP contribution in [0.15, 0.2) is 42.6 Å². The van der Waals surface area contributed by atoms with E-state index in [4.69, 9.17) is 0 Å². The van der Waals surface area contributed by atoms with Crippen molar-refractivity contribution < 1.29 is 9.50 Å². The fourth-order valence-corrected chi connectivity index (χ4v) is 2.12. The molecule has 20 heavy (non-hydrogen) atoms. The molecule has 3 nitrogen and oxygen atoms in total. The standard InChI is InChI=1S/C16H19FN2O/c1-3-16(20)15-9-8-14(11-18-15)19(4-2)13-7-5-6-12(17)10-13/h5-11,16,20H,3-4H2,1-2H3/t16-/m1/s1. The normalized spacial score (nSPS) is 12.2. The molecule has 1 aromatic heterocycles. The molecule has 0 aliphatic heterocycles. The van der Waals surface area contributed by atoms with Gasteiger partial charge in [-0.3, -0.25) is 4.98 Å². The maximum Gasteiger partial charge on any atom is 0.125 e. The number of aliphatic hydroxyl groups is 1. The first-order valence-electron chi connectivity index (χ1n) is 6.82. The molecule has 1 heterocycles. The summed E-state index contributed by atoms with van der Waals surface area (Å²) in [5, 5.41) is 9.74. The Morgan fingerprint density at radius 2 is 2.00 bits per heavy atom. The second-order valence-corrected chi connectivity index (χ2v) is 4.59. The first-order chi connectivity index (χ1) is 9.65. The van der Waals surface area contributed by atoms with Gasteiger partial charge in [-0.15, -0.1) is 0 Å². The first-order valence-corrected chi connectivity index (χ1v) is 6.82. The number of pyridine rings is 1. The largest absolute Gasteiger partial charge is 0.387 e. The van der Waals surface area contributed by atoms with Crippen molar-refractivity contribution in [2.45, 2.75) is 26.4 Å². The van der Waals surface area contributed by atoms with Crippen molar-refractivity contribution in [3.8, 4) is 0 Å². The Morgan fingerprint density at radius 1 is 1.20 bits per heavy atom. The van der Waals surface area contributed by atoms with Crippen molar-refractivity contribution in [2.24, 2.45) is 0 Å². The number of nitrogens with zero attached hydrogens (tertiary/aromatic N) is 2. The maximum atomic E-state index is 13.3. The van der Waals surface area contributed by atoms with Gasteiger partial charge in [0.1, 0.15) is 5.82 Å². The number of rotatable bonds is 5. The van der Waals surface area contributed by atoms with Crippen LogP contribution in [0.5, 0.6) is 0 Å². The van der Waals surface area contributed by atoms with Crippen LogP contribution in [0.2, 0.25) is 0 Å². The van der Waals surface area contributed by atoms with E-state index in [1.807, 2.05) is 36.9 Å². The molecule has 0 unspecified atom stereocenters. The molecule has 0 aliphatic rings. The minimum Gasteiger partial charge on any atom is -0.387 e. The summed E-state index contributed by atoms with van der Waals surface area (Å²) in [4.78, 5) is 6.25. The molecule has 0 saturated carbocycles. The molecule has 0 saturated heterocycles. The van der Waals surface area contributed by atoms with E-state index >= 15 is 0 Å². The maximum absolute atomic E-state index is 13.3. The van der Waals surface area contributed by atoms with Gasteiger partial charge in [0.15, 0.2) is 0 Å². The molecule has 0 amide bonds. The van der Waals surface area contributed by atoms with E-state index in [9.17, 15) is 9.50 Å². The summed E-state index contributed by atoms with van der Waals surface area (Å²) in [6.45, 7) is 4.62. The molecule has 0 aliphatic carbocycles. The molecule has 106 valence electrons. The van der Waals surface area contributed by atoms with Crippen molar-refractivity contribution in [2.75, 3.05) is 11.4 Å². The molecule has 0 fully saturated rings. The van der Waals surface area contributed by atoms with Crippen LogP contribution in [-0.4, -0.2) is 16.6 Å². The molecule has 1 N–H and O–H groups in total. The Morgan fingerprint density at radius 3 is 2.55 bits per heavy atom. The van der Waals surface area contributed by atoms with Gasteiger partial charge in [-0.05, 0) is 43.7 Å². The van der Waals surface area contributed by atoms with Crippen molar-refractivity contribution in [3.63, 3.8) is 0 Å². The molecule has 0 bridgehead atoms. The van der Waals surface area contributed by atoms with Gasteiger partial charge in [0, 0.05) is 12.2 Å². The minimum absolute atomic E-state index is 0.257. The average Bonchev–Trinajstić information content (AvgIpc) is 2.48. The number of aromatic nitrogens is 1. The fraction of sp³-hybridized carbons (Fsp3) is 0.312. The summed E-state index contributed by atoms with van der Waals surface area (Å²) >= 11 is 0. The SMILES string of the molecule is CC[C@@H](O)c1ccc(N(CC)c2cccc(F)c2)cn1. The summed E-state index contributed by atoms with van der Waals surface area (Å²) in [6, 6.07) is 10.2. The molecule has 2 rings (SSSR count). The number of aliphatic hydroxyl groups excluding tert-OH is 1. The van der Waals surface area contributed by atoms with Crippen LogP contribution in [0.1, 0.15) is 32.1 Å². The number of benzene rings is 1. The van der Waals surface area contributed by atoms with E-state index in [0.29, 0.717) is 18.7 Å². The van der Waals surface area contributed by atoms with E-state index in [2.05, 4.69) is 4.98 Å². The Labute approximate surface area is 118 Å². The predicted molar refractivity (Wildman–Crippen MR) is 78.6 cm³/mol. The number of halogens is 1. The van der Waals surface area contributed by atoms with Crippen molar-refractivity contribution in [1.82, 2.24) is 4.98 Å². The lowest BCUT2D eigenvalue weighted by Gasteiger charge is -2.23. The molecular formula is C16H19FN2O. The van der Waals surface area contributed by atoms with Gasteiger partial charge in [0.2, 0.25) is 0 Å². The smallest absolute Gasteiger partial charge is 0.125 e. The highest BCUT2D eigenvalue weighted by molar-refractivity contribution is 5.62. The van der Waals surface area contributed by atoms with Crippen molar-refractivity contribution in [1.29, 1.82) is 0 Å². The van der Waals surface area contributed by atoms with Gasteiger partial charge in [-0.2, -0.15) is 0 Å². The van der Waals surface area contributed by atoms with E-state index in [-0.39, 0.29) is 5.82 Å². The Balaban J connectivity index is 2.28. The fourth-order valence-electron chi connectivity index (χ4n) is 2.12. The quantitative estimate of drug-likeness (QED) is 0.900. The van der Waals surface area contributed by atoms with Crippen LogP contribution in [0.4, 0.5) is 15.8 Å². The van der Waals surface area contributed by atoms with Crippen LogP contribution in [-0.2, 0) is 0 Å². The van der Waals surface area contributed by atoms with Crippen molar-refractivity contribution in [3.05, 3.63) is 54.1 Å². The summed E-state index contributed by atoms with van der Waals surface area (Å²) in [5.74, 6) is -0.257. The van der Waals surface area contributed by atoms with Gasteiger partial charge in [0.25, 0.3) is 0 Å². The third kappa shape index (κ3) is 3.14. The summed E-state index contributed by atoms with van der Waals surface area (Å²) in [7, 11) is 0. The van der Waals surface area contributed by atoms with E-state index in [1.54, 1.807) is 12.3 Å². The Kier molecular flexibility index (Phi) is 4.69. The molecular weight excluding hydrogens is 255 g/mol. The molecule has 0 radical (unpaired) electrons. The lowest BCUT2D eigenvalue weighted by Crippen LogP contribution is -2.16. The van der Waals surface area contributed by atoms with Gasteiger partial charge in [-0.1, -0.05) is 13.0 Å². The van der Waals surface area contributed by atoms with Crippen molar-refractivity contribution >= 4 is 11.4 Å². The van der Waals surface area contributed by atoms with Crippen LogP contribution in [0.3, 0.4) is 0 Å². The van der Waals surface area contributed by atoms with Gasteiger partial charge < -0.3 is 10.0 Å². The topological polar surface area (TPSA) is 36.4 Å². The molecule has 4 heteroatoms. The summed E-state index contributed by atoms with van der Waals surface area (Å²) < 4.78 is 13.3. The average molecular weight is 274 g/mol. The predicted octanol–water partition coefficient (Wildman–Crippen LogP) is 3.82. The second-order valence-electron chi connectivity index (χ2n) is 4.59. The van der Waals surface area contributed by atoms with Crippen LogP contribution in [0, 0.1) is 5.82 Å². The lowest BCUT2D eigenvalue weighted by atomic mass is 10.2. The van der Waals surface area contributed by atoms with Gasteiger partial charge in [0.05, 0.1) is 23.7 Å². The highest BCUT2D eigenvalue weighted by atomic mass is 19.1. The second kappa shape index (κ2) is 6.48. The third-order valence-electron chi connectivity index (χ3n) is 3.25. The molecule has 1 atom stereocenters. The van der Waals surface area contributed by atoms with E-state index in [0.717, 1.165) is 11.4 Å². The summed E-state index contributed by atoms with van der Waals surface area (Å²) in [6.07, 6.45) is 1.81. The van der Waals surface area contributed by atoms with Crippen LogP contribution >= 0.6 is 0 Å². The molecule has 1 aromatic carbocycles. The minimum atomic E-state index is -0.534. The Hall–Kier alpha value is -1.94. The van der Waals surface area contributed by atoms with Gasteiger partial charge in [-0.25, -0.2) is 4.39 Å². The highest BCUT2D eigenvalue weighted by Gasteiger charge is 2.10. The number of hydrogen-bond donors (Lipinski definition) is 1. The highest BCUT2D eigenvalue weighted by Crippen LogP contribution is 2.26. The van der Waals surface area contributed by atoms with Crippen LogP contribution < -0.4 is 4.90 Å². The Bertz CT molecular complexity index is 557. The zero-order valence-corrected chi connectivity index (χ0v) is 11.8. The molecule has 2 aromatic rings. The van der Waals surface area contributed by atoms with E-state index in [1.165, 1.54) is 12.1 Å². The van der Waals surface area contributed by atoms with Crippen LogP contribution in [0.25, 0.3) is 0 Å². The third-order valence-corrected chi connectivity index (χ3v) is 3.25. The number of hydrogen-bond acceptors (Lipinski definition) is 3. The molecule has 0 spiro atoms. The first kappa shape index (κ1) is 14.5. The lowest BCUT2D eigenvalue weighted by molar-refractivity contribution is 0.169. The number of anilines is 2. The van der Waals surface area contributed by atoms with Gasteiger partial charge >= 0.3 is 0 Å². The zero-order chi connectivity index (χ0) is 14.5. The monoisotopic (exact) mass is 274 g/mol. The van der Waals surface area contributed by atoms with E-state index < -0.39 is 6.10 Å². The zero-order valence-electron chi connectivity index (χ0n) is 11.8.